The van der Waals surface area contributed by atoms with Crippen LogP contribution < -0.4 is 32.3 Å². The lowest BCUT2D eigenvalue weighted by Gasteiger charge is -2.18. The van der Waals surface area contributed by atoms with Gasteiger partial charge in [0.05, 0.1) is 16.8 Å². The summed E-state index contributed by atoms with van der Waals surface area (Å²) in [6.07, 6.45) is 9.86. The first-order chi connectivity index (χ1) is 24.3. The third kappa shape index (κ3) is 6.20. The number of anilines is 4. The summed E-state index contributed by atoms with van der Waals surface area (Å²) in [4.78, 5) is 41.4. The normalized spacial score (nSPS) is 10.6. The zero-order chi connectivity index (χ0) is 35.4. The summed E-state index contributed by atoms with van der Waals surface area (Å²) in [5.74, 6) is 0.590. The van der Waals surface area contributed by atoms with Crippen molar-refractivity contribution in [3.05, 3.63) is 95.8 Å². The number of nitriles is 2. The highest BCUT2D eigenvalue weighted by Gasteiger charge is 2.20. The number of pyridine rings is 4. The smallest absolute Gasteiger partial charge is 0.320 e. The second kappa shape index (κ2) is 13.8. The molecular formula is C36H30N12O2. The van der Waals surface area contributed by atoms with Gasteiger partial charge in [0, 0.05) is 102 Å². The minimum absolute atomic E-state index is 0.253. The first kappa shape index (κ1) is 32.6. The SMILES string of the molecule is CNC(=O)Nc1cc2cc(-c3cnccc3CNc3cc(-c4cnccc4C)c(C#N)c4cc(NC(=O)NC)ncc34)c(C#N)c(N)c2cn1. The van der Waals surface area contributed by atoms with Crippen LogP contribution in [0.25, 0.3) is 43.8 Å². The number of rotatable bonds is 7. The van der Waals surface area contributed by atoms with Gasteiger partial charge in [-0.15, -0.1) is 0 Å². The van der Waals surface area contributed by atoms with E-state index in [0.29, 0.717) is 55.3 Å². The van der Waals surface area contributed by atoms with Gasteiger partial charge >= 0.3 is 12.1 Å². The molecule has 0 bridgehead atoms. The van der Waals surface area contributed by atoms with Crippen molar-refractivity contribution in [3.8, 4) is 34.4 Å². The largest absolute Gasteiger partial charge is 0.397 e. The van der Waals surface area contributed by atoms with Gasteiger partial charge in [-0.2, -0.15) is 10.5 Å². The third-order valence-electron chi connectivity index (χ3n) is 8.25. The molecule has 0 aliphatic carbocycles. The summed E-state index contributed by atoms with van der Waals surface area (Å²) in [6.45, 7) is 2.23. The number of nitrogens with zero attached hydrogens (tertiary/aromatic N) is 6. The van der Waals surface area contributed by atoms with Crippen LogP contribution in [0.2, 0.25) is 0 Å². The maximum absolute atomic E-state index is 12.1. The molecule has 0 aliphatic heterocycles. The molecular weight excluding hydrogens is 632 g/mol. The third-order valence-corrected chi connectivity index (χ3v) is 8.25. The van der Waals surface area contributed by atoms with Crippen molar-refractivity contribution in [3.63, 3.8) is 0 Å². The number of fused-ring (bicyclic) bond motifs is 2. The molecule has 0 radical (unpaired) electrons. The standard InChI is InChI=1S/C36H30N12O2/c1-19-4-6-42-15-27(19)23-10-31(30-18-46-33(48-36(50)41-3)11-24(30)25(23)12-37)44-14-20-5-7-43-16-28(20)22-8-21-9-32(47-35(49)40-2)45-17-29(21)34(39)26(22)13-38/h4-11,15-18,44H,14,39H2,1-3H3,(H2,40,45,47,49)(H2,41,46,48,50). The fourth-order valence-electron chi connectivity index (χ4n) is 5.70. The number of benzene rings is 2. The molecule has 50 heavy (non-hydrogen) atoms. The average molecular weight is 663 g/mol. The number of carbonyl (C=O) groups is 2. The number of aromatic nitrogens is 4. The lowest BCUT2D eigenvalue weighted by molar-refractivity contribution is 0.253. The average Bonchev–Trinajstić information content (AvgIpc) is 3.13. The molecule has 0 fully saturated rings. The number of aryl methyl sites for hydroxylation is 1. The molecule has 0 saturated carbocycles. The second-order valence-electron chi connectivity index (χ2n) is 11.2. The van der Waals surface area contributed by atoms with Crippen molar-refractivity contribution >= 4 is 56.6 Å². The van der Waals surface area contributed by atoms with Gasteiger partial charge in [-0.25, -0.2) is 19.6 Å². The zero-order valence-corrected chi connectivity index (χ0v) is 27.2. The van der Waals surface area contributed by atoms with E-state index in [1.807, 2.05) is 31.2 Å². The highest BCUT2D eigenvalue weighted by molar-refractivity contribution is 6.05. The predicted octanol–water partition coefficient (Wildman–Crippen LogP) is 5.66. The van der Waals surface area contributed by atoms with E-state index in [4.69, 9.17) is 5.73 Å². The maximum atomic E-state index is 12.1. The molecule has 0 saturated heterocycles. The van der Waals surface area contributed by atoms with Gasteiger partial charge in [0.2, 0.25) is 0 Å². The zero-order valence-electron chi connectivity index (χ0n) is 27.2. The summed E-state index contributed by atoms with van der Waals surface area (Å²) < 4.78 is 0. The molecule has 4 amide bonds. The van der Waals surface area contributed by atoms with Crippen LogP contribution in [0.3, 0.4) is 0 Å². The molecule has 4 heterocycles. The number of hydrogen-bond acceptors (Lipinski definition) is 10. The van der Waals surface area contributed by atoms with Crippen LogP contribution in [0.1, 0.15) is 22.3 Å². The highest BCUT2D eigenvalue weighted by Crippen LogP contribution is 2.39. The van der Waals surface area contributed by atoms with Crippen LogP contribution in [0.5, 0.6) is 0 Å². The van der Waals surface area contributed by atoms with E-state index in [0.717, 1.165) is 16.7 Å². The molecule has 2 aromatic carbocycles. The van der Waals surface area contributed by atoms with E-state index >= 15 is 0 Å². The summed E-state index contributed by atoms with van der Waals surface area (Å²) >= 11 is 0. The molecule has 14 nitrogen and oxygen atoms in total. The van der Waals surface area contributed by atoms with Crippen LogP contribution >= 0.6 is 0 Å². The number of nitrogen functional groups attached to an aromatic ring is 1. The molecule has 7 N–H and O–H groups in total. The predicted molar refractivity (Wildman–Crippen MR) is 192 cm³/mol. The Labute approximate surface area is 286 Å². The van der Waals surface area contributed by atoms with E-state index in [2.05, 4.69) is 58.7 Å². The van der Waals surface area contributed by atoms with E-state index in [9.17, 15) is 20.1 Å². The Hall–Kier alpha value is -7.32. The van der Waals surface area contributed by atoms with Crippen molar-refractivity contribution < 1.29 is 9.59 Å². The molecule has 0 spiro atoms. The van der Waals surface area contributed by atoms with E-state index in [-0.39, 0.29) is 23.6 Å². The van der Waals surface area contributed by atoms with Crippen molar-refractivity contribution in [2.45, 2.75) is 13.5 Å². The Morgan fingerprint density at radius 2 is 1.36 bits per heavy atom. The van der Waals surface area contributed by atoms with Crippen LogP contribution in [0.15, 0.2) is 73.6 Å². The van der Waals surface area contributed by atoms with Crippen molar-refractivity contribution in [2.75, 3.05) is 35.8 Å². The molecule has 6 aromatic rings. The monoisotopic (exact) mass is 662 g/mol. The Bertz CT molecular complexity index is 2410. The van der Waals surface area contributed by atoms with Gasteiger partial charge < -0.3 is 21.7 Å². The number of amides is 4. The number of nitrogens with two attached hydrogens (primary N) is 1. The summed E-state index contributed by atoms with van der Waals surface area (Å²) in [5, 5.41) is 36.9. The summed E-state index contributed by atoms with van der Waals surface area (Å²) in [7, 11) is 3.00. The fraction of sp³-hybridized carbons (Fsp3) is 0.111. The topological polar surface area (TPSA) is 219 Å². The molecule has 0 unspecified atom stereocenters. The second-order valence-corrected chi connectivity index (χ2v) is 11.2. The van der Waals surface area contributed by atoms with Crippen molar-refractivity contribution in [1.29, 1.82) is 10.5 Å². The van der Waals surface area contributed by atoms with Crippen LogP contribution in [-0.4, -0.2) is 46.1 Å². The highest BCUT2D eigenvalue weighted by atomic mass is 16.2. The van der Waals surface area contributed by atoms with Gasteiger partial charge in [-0.05, 0) is 59.8 Å². The van der Waals surface area contributed by atoms with Gasteiger partial charge in [0.1, 0.15) is 23.8 Å². The first-order valence-corrected chi connectivity index (χ1v) is 15.3. The Balaban J connectivity index is 1.46. The van der Waals surface area contributed by atoms with Gasteiger partial charge in [0.25, 0.3) is 0 Å². The molecule has 0 aliphatic rings. The fourth-order valence-corrected chi connectivity index (χ4v) is 5.70. The summed E-state index contributed by atoms with van der Waals surface area (Å²) in [6, 6.07) is 14.5. The minimum Gasteiger partial charge on any atom is -0.397 e. The Kier molecular flexibility index (Phi) is 9.01. The van der Waals surface area contributed by atoms with Gasteiger partial charge in [0.15, 0.2) is 0 Å². The van der Waals surface area contributed by atoms with Gasteiger partial charge in [-0.1, -0.05) is 0 Å². The maximum Gasteiger partial charge on any atom is 0.320 e. The first-order valence-electron chi connectivity index (χ1n) is 15.3. The van der Waals surface area contributed by atoms with E-state index in [1.54, 1.807) is 43.1 Å². The molecule has 4 aromatic heterocycles. The molecule has 246 valence electrons. The summed E-state index contributed by atoms with van der Waals surface area (Å²) in [5.41, 5.74) is 12.5. The quantitative estimate of drug-likeness (QED) is 0.115. The molecule has 6 rings (SSSR count). The van der Waals surface area contributed by atoms with Gasteiger partial charge in [-0.3, -0.25) is 20.6 Å². The van der Waals surface area contributed by atoms with Crippen LogP contribution in [0, 0.1) is 29.6 Å². The van der Waals surface area contributed by atoms with Crippen LogP contribution in [0.4, 0.5) is 32.6 Å². The van der Waals surface area contributed by atoms with Crippen LogP contribution in [-0.2, 0) is 6.54 Å². The lowest BCUT2D eigenvalue weighted by Crippen LogP contribution is -2.24. The van der Waals surface area contributed by atoms with E-state index < -0.39 is 12.1 Å². The van der Waals surface area contributed by atoms with Crippen molar-refractivity contribution in [1.82, 2.24) is 30.6 Å². The Morgan fingerprint density at radius 3 is 2.02 bits per heavy atom. The number of nitrogens with one attached hydrogen (secondary N) is 5. The number of urea groups is 2. The van der Waals surface area contributed by atoms with E-state index in [1.165, 1.54) is 20.3 Å². The number of hydrogen-bond donors (Lipinski definition) is 6. The molecule has 0 atom stereocenters. The lowest BCUT2D eigenvalue weighted by atomic mass is 9.92. The molecule has 14 heteroatoms. The Morgan fingerprint density at radius 1 is 0.740 bits per heavy atom. The number of carbonyl (C=O) groups excluding carboxylic acids is 2. The van der Waals surface area contributed by atoms with Crippen molar-refractivity contribution in [2.24, 2.45) is 0 Å². The minimum atomic E-state index is -0.445.